The predicted molar refractivity (Wildman–Crippen MR) is 54.6 cm³/mol. The van der Waals surface area contributed by atoms with Crippen LogP contribution in [0.1, 0.15) is 11.1 Å². The predicted octanol–water partition coefficient (Wildman–Crippen LogP) is 1.22. The number of nitrogens with zero attached hydrogens (tertiary/aromatic N) is 2. The molecule has 0 bridgehead atoms. The first-order valence-corrected chi connectivity index (χ1v) is 4.37. The number of carboxylic acid groups (broad SMARTS) is 1. The lowest BCUT2D eigenvalue weighted by atomic mass is 10.2. The van der Waals surface area contributed by atoms with Crippen LogP contribution in [0.5, 0.6) is 0 Å². The number of pyridine rings is 1. The number of aromatic nitrogens is 1. The Labute approximate surface area is 83.2 Å². The summed E-state index contributed by atoms with van der Waals surface area (Å²) in [7, 11) is 1.71. The monoisotopic (exact) mass is 194 g/mol. The van der Waals surface area contributed by atoms with E-state index in [2.05, 4.69) is 4.98 Å². The van der Waals surface area contributed by atoms with Crippen molar-refractivity contribution in [1.29, 1.82) is 0 Å². The molecule has 14 heavy (non-hydrogen) atoms. The summed E-state index contributed by atoms with van der Waals surface area (Å²) in [4.78, 5) is 16.2. The molecule has 0 aliphatic carbocycles. The number of rotatable bonds is 3. The van der Waals surface area contributed by atoms with Gasteiger partial charge in [0.15, 0.2) is 0 Å². The fourth-order valence-corrected chi connectivity index (χ4v) is 1.10. The molecule has 0 saturated heterocycles. The highest BCUT2D eigenvalue weighted by Gasteiger charge is 2.07. The summed E-state index contributed by atoms with van der Waals surface area (Å²) >= 11 is 0. The SMILES string of the molecule is Cc1cnc(N(C)CC(=O)O)cc1C. The second kappa shape index (κ2) is 4.09. The van der Waals surface area contributed by atoms with Crippen LogP contribution in [0.4, 0.5) is 5.82 Å². The van der Waals surface area contributed by atoms with Gasteiger partial charge in [0, 0.05) is 13.2 Å². The number of aliphatic carboxylic acids is 1. The molecule has 76 valence electrons. The third kappa shape index (κ3) is 2.45. The van der Waals surface area contributed by atoms with E-state index in [1.54, 1.807) is 18.1 Å². The highest BCUT2D eigenvalue weighted by atomic mass is 16.4. The van der Waals surface area contributed by atoms with E-state index < -0.39 is 5.97 Å². The molecule has 0 atom stereocenters. The first-order valence-electron chi connectivity index (χ1n) is 4.37. The Hall–Kier alpha value is -1.58. The molecule has 0 aliphatic rings. The molecule has 0 saturated carbocycles. The van der Waals surface area contributed by atoms with Gasteiger partial charge in [0.1, 0.15) is 12.4 Å². The minimum atomic E-state index is -0.854. The number of carboxylic acids is 1. The largest absolute Gasteiger partial charge is 0.480 e. The van der Waals surface area contributed by atoms with Crippen molar-refractivity contribution in [3.63, 3.8) is 0 Å². The Balaban J connectivity index is 2.85. The molecule has 0 unspecified atom stereocenters. The number of aryl methyl sites for hydroxylation is 2. The summed E-state index contributed by atoms with van der Waals surface area (Å²) in [5.74, 6) is -0.164. The van der Waals surface area contributed by atoms with Crippen molar-refractivity contribution in [2.75, 3.05) is 18.5 Å². The molecule has 0 fully saturated rings. The summed E-state index contributed by atoms with van der Waals surface area (Å²) in [6.45, 7) is 3.92. The lowest BCUT2D eigenvalue weighted by Gasteiger charge is -2.16. The Morgan fingerprint density at radius 1 is 1.50 bits per heavy atom. The van der Waals surface area contributed by atoms with E-state index in [1.165, 1.54) is 0 Å². The van der Waals surface area contributed by atoms with Crippen molar-refractivity contribution < 1.29 is 9.90 Å². The van der Waals surface area contributed by atoms with Crippen LogP contribution >= 0.6 is 0 Å². The van der Waals surface area contributed by atoms with Crippen LogP contribution in [-0.2, 0) is 4.79 Å². The van der Waals surface area contributed by atoms with E-state index in [1.807, 2.05) is 19.9 Å². The molecule has 1 aromatic heterocycles. The second-order valence-electron chi connectivity index (χ2n) is 3.38. The zero-order valence-corrected chi connectivity index (χ0v) is 8.61. The van der Waals surface area contributed by atoms with Crippen LogP contribution in [0.25, 0.3) is 0 Å². The van der Waals surface area contributed by atoms with Crippen LogP contribution in [-0.4, -0.2) is 29.7 Å². The lowest BCUT2D eigenvalue weighted by Crippen LogP contribution is -2.25. The average molecular weight is 194 g/mol. The molecule has 0 aromatic carbocycles. The molecular weight excluding hydrogens is 180 g/mol. The summed E-state index contributed by atoms with van der Waals surface area (Å²) in [5.41, 5.74) is 2.23. The van der Waals surface area contributed by atoms with E-state index in [0.29, 0.717) is 5.82 Å². The standard InChI is InChI=1S/C10H14N2O2/c1-7-4-9(11-5-8(7)2)12(3)6-10(13)14/h4-5H,6H2,1-3H3,(H,13,14). The topological polar surface area (TPSA) is 53.4 Å². The smallest absolute Gasteiger partial charge is 0.323 e. The van der Waals surface area contributed by atoms with Crippen molar-refractivity contribution >= 4 is 11.8 Å². The molecule has 0 radical (unpaired) electrons. The van der Waals surface area contributed by atoms with E-state index in [0.717, 1.165) is 11.1 Å². The van der Waals surface area contributed by atoms with Crippen molar-refractivity contribution in [3.05, 3.63) is 23.4 Å². The van der Waals surface area contributed by atoms with E-state index in [-0.39, 0.29) is 6.54 Å². The molecule has 1 aromatic rings. The van der Waals surface area contributed by atoms with Crippen LogP contribution in [0.15, 0.2) is 12.3 Å². The number of hydrogen-bond acceptors (Lipinski definition) is 3. The van der Waals surface area contributed by atoms with Gasteiger partial charge in [-0.15, -0.1) is 0 Å². The van der Waals surface area contributed by atoms with Crippen LogP contribution in [0, 0.1) is 13.8 Å². The Bertz CT molecular complexity index is 350. The molecule has 0 spiro atoms. The normalized spacial score (nSPS) is 9.93. The van der Waals surface area contributed by atoms with Gasteiger partial charge in [-0.05, 0) is 31.0 Å². The Morgan fingerprint density at radius 2 is 2.14 bits per heavy atom. The van der Waals surface area contributed by atoms with Crippen LogP contribution in [0.3, 0.4) is 0 Å². The summed E-state index contributed by atoms with van der Waals surface area (Å²) in [6, 6.07) is 1.89. The number of hydrogen-bond donors (Lipinski definition) is 1. The molecule has 4 heteroatoms. The zero-order valence-electron chi connectivity index (χ0n) is 8.61. The highest BCUT2D eigenvalue weighted by molar-refractivity contribution is 5.72. The third-order valence-corrected chi connectivity index (χ3v) is 2.12. The summed E-state index contributed by atoms with van der Waals surface area (Å²) < 4.78 is 0. The number of anilines is 1. The van der Waals surface area contributed by atoms with Crippen molar-refractivity contribution in [2.24, 2.45) is 0 Å². The fourth-order valence-electron chi connectivity index (χ4n) is 1.10. The van der Waals surface area contributed by atoms with E-state index in [4.69, 9.17) is 5.11 Å². The maximum atomic E-state index is 10.5. The highest BCUT2D eigenvalue weighted by Crippen LogP contribution is 2.13. The van der Waals surface area contributed by atoms with Crippen LogP contribution in [0.2, 0.25) is 0 Å². The van der Waals surface area contributed by atoms with Gasteiger partial charge in [-0.3, -0.25) is 4.79 Å². The molecule has 1 rings (SSSR count). The first kappa shape index (κ1) is 10.5. The van der Waals surface area contributed by atoms with Gasteiger partial charge in [0.05, 0.1) is 0 Å². The maximum Gasteiger partial charge on any atom is 0.323 e. The van der Waals surface area contributed by atoms with Gasteiger partial charge in [-0.25, -0.2) is 4.98 Å². The van der Waals surface area contributed by atoms with Crippen molar-refractivity contribution in [3.8, 4) is 0 Å². The molecule has 4 nitrogen and oxygen atoms in total. The van der Waals surface area contributed by atoms with E-state index >= 15 is 0 Å². The Morgan fingerprint density at radius 3 is 2.64 bits per heavy atom. The zero-order chi connectivity index (χ0) is 10.7. The third-order valence-electron chi connectivity index (χ3n) is 2.12. The molecular formula is C10H14N2O2. The van der Waals surface area contributed by atoms with Gasteiger partial charge in [-0.2, -0.15) is 0 Å². The maximum absolute atomic E-state index is 10.5. The second-order valence-corrected chi connectivity index (χ2v) is 3.38. The molecule has 1 N–H and O–H groups in total. The Kier molecular flexibility index (Phi) is 3.06. The molecule has 0 aliphatic heterocycles. The van der Waals surface area contributed by atoms with E-state index in [9.17, 15) is 4.79 Å². The van der Waals surface area contributed by atoms with Crippen LogP contribution < -0.4 is 4.90 Å². The van der Waals surface area contributed by atoms with Gasteiger partial charge in [0.2, 0.25) is 0 Å². The minimum absolute atomic E-state index is 0.0322. The van der Waals surface area contributed by atoms with Gasteiger partial charge >= 0.3 is 5.97 Å². The van der Waals surface area contributed by atoms with Crippen molar-refractivity contribution in [1.82, 2.24) is 4.98 Å². The van der Waals surface area contributed by atoms with Crippen molar-refractivity contribution in [2.45, 2.75) is 13.8 Å². The average Bonchev–Trinajstić information content (AvgIpc) is 2.08. The summed E-state index contributed by atoms with van der Waals surface area (Å²) in [6.07, 6.45) is 1.75. The molecule has 0 amide bonds. The molecule has 1 heterocycles. The van der Waals surface area contributed by atoms with Gasteiger partial charge in [0.25, 0.3) is 0 Å². The lowest BCUT2D eigenvalue weighted by molar-refractivity contribution is -0.135. The minimum Gasteiger partial charge on any atom is -0.480 e. The van der Waals surface area contributed by atoms with Gasteiger partial charge in [-0.1, -0.05) is 0 Å². The number of likely N-dealkylation sites (N-methyl/N-ethyl adjacent to an activating group) is 1. The quantitative estimate of drug-likeness (QED) is 0.786. The first-order chi connectivity index (χ1) is 6.50. The summed E-state index contributed by atoms with van der Waals surface area (Å²) in [5, 5.41) is 8.60. The number of carbonyl (C=O) groups is 1. The van der Waals surface area contributed by atoms with Gasteiger partial charge < -0.3 is 10.0 Å². The fraction of sp³-hybridized carbons (Fsp3) is 0.400.